The highest BCUT2D eigenvalue weighted by Crippen LogP contribution is 2.35. The van der Waals surface area contributed by atoms with Crippen LogP contribution in [0.15, 0.2) is 0 Å². The predicted octanol–water partition coefficient (Wildman–Crippen LogP) is 2.13. The lowest BCUT2D eigenvalue weighted by molar-refractivity contribution is -0.0651. The quantitative estimate of drug-likeness (QED) is 0.744. The monoisotopic (exact) mass is 291 g/mol. The van der Waals surface area contributed by atoms with Crippen LogP contribution < -0.4 is 5.73 Å². The first-order valence-corrected chi connectivity index (χ1v) is 9.33. The molecule has 0 aromatic heterocycles. The van der Waals surface area contributed by atoms with Gasteiger partial charge in [0.15, 0.2) is 9.84 Å². The molecular formula is C14H29NO3S. The zero-order valence-corrected chi connectivity index (χ0v) is 13.2. The van der Waals surface area contributed by atoms with Crippen LogP contribution in [0.5, 0.6) is 0 Å². The van der Waals surface area contributed by atoms with Gasteiger partial charge < -0.3 is 10.5 Å². The Labute approximate surface area is 118 Å². The maximum absolute atomic E-state index is 11.7. The lowest BCUT2D eigenvalue weighted by atomic mass is 9.77. The van der Waals surface area contributed by atoms with Crippen LogP contribution in [0.25, 0.3) is 0 Å². The number of hydrogen-bond donors (Lipinski definition) is 1. The van der Waals surface area contributed by atoms with E-state index in [0.717, 1.165) is 31.6 Å². The maximum atomic E-state index is 11.7. The molecule has 5 heteroatoms. The van der Waals surface area contributed by atoms with E-state index in [1.54, 1.807) is 0 Å². The molecule has 0 atom stereocenters. The summed E-state index contributed by atoms with van der Waals surface area (Å²) in [7, 11) is -2.95. The molecule has 0 bridgehead atoms. The summed E-state index contributed by atoms with van der Waals surface area (Å²) in [5.74, 6) is 1.16. The molecule has 1 fully saturated rings. The molecule has 1 aliphatic rings. The summed E-state index contributed by atoms with van der Waals surface area (Å²) < 4.78 is 29.2. The molecular weight excluding hydrogens is 262 g/mol. The van der Waals surface area contributed by atoms with E-state index in [-0.39, 0.29) is 23.7 Å². The Hall–Kier alpha value is -0.130. The van der Waals surface area contributed by atoms with Crippen molar-refractivity contribution in [3.8, 4) is 0 Å². The topological polar surface area (TPSA) is 69.4 Å². The Morgan fingerprint density at radius 1 is 1.21 bits per heavy atom. The smallest absolute Gasteiger partial charge is 0.152 e. The van der Waals surface area contributed by atoms with Gasteiger partial charge in [0.2, 0.25) is 0 Å². The number of ether oxygens (including phenoxy) is 1. The number of hydrogen-bond acceptors (Lipinski definition) is 4. The van der Waals surface area contributed by atoms with E-state index in [1.807, 2.05) is 6.92 Å². The van der Waals surface area contributed by atoms with Gasteiger partial charge in [0.05, 0.1) is 18.0 Å². The maximum Gasteiger partial charge on any atom is 0.152 e. The summed E-state index contributed by atoms with van der Waals surface area (Å²) in [6.07, 6.45) is 6.12. The molecule has 2 N–H and O–H groups in total. The summed E-state index contributed by atoms with van der Waals surface area (Å²) in [5, 5.41) is 0. The fourth-order valence-corrected chi connectivity index (χ4v) is 3.98. The second-order valence-electron chi connectivity index (χ2n) is 5.74. The van der Waals surface area contributed by atoms with E-state index in [1.165, 1.54) is 6.42 Å². The molecule has 0 aromatic rings. The van der Waals surface area contributed by atoms with Gasteiger partial charge in [-0.1, -0.05) is 20.3 Å². The normalized spacial score (nSPS) is 28.5. The van der Waals surface area contributed by atoms with Crippen molar-refractivity contribution in [2.45, 2.75) is 58.0 Å². The molecule has 1 saturated carbocycles. The van der Waals surface area contributed by atoms with Crippen LogP contribution in [-0.2, 0) is 14.6 Å². The van der Waals surface area contributed by atoms with Crippen LogP contribution >= 0.6 is 0 Å². The molecule has 0 heterocycles. The van der Waals surface area contributed by atoms with Gasteiger partial charge in [-0.2, -0.15) is 0 Å². The highest BCUT2D eigenvalue weighted by Gasteiger charge is 2.34. The Balaban J connectivity index is 2.41. The van der Waals surface area contributed by atoms with Crippen LogP contribution in [0.2, 0.25) is 0 Å². The summed E-state index contributed by atoms with van der Waals surface area (Å²) in [6.45, 7) is 4.89. The molecule has 1 rings (SSSR count). The molecule has 0 amide bonds. The minimum absolute atomic E-state index is 0.125. The van der Waals surface area contributed by atoms with Crippen molar-refractivity contribution in [3.63, 3.8) is 0 Å². The Kier molecular flexibility index (Phi) is 6.77. The van der Waals surface area contributed by atoms with Gasteiger partial charge in [-0.15, -0.1) is 0 Å². The summed E-state index contributed by atoms with van der Waals surface area (Å²) in [6, 6.07) is 0. The minimum Gasteiger partial charge on any atom is -0.373 e. The average molecular weight is 291 g/mol. The van der Waals surface area contributed by atoms with E-state index in [9.17, 15) is 8.42 Å². The third-order valence-electron chi connectivity index (χ3n) is 4.28. The summed E-state index contributed by atoms with van der Waals surface area (Å²) >= 11 is 0. The fourth-order valence-electron chi connectivity index (χ4n) is 2.82. The van der Waals surface area contributed by atoms with Gasteiger partial charge in [0.25, 0.3) is 0 Å². The predicted molar refractivity (Wildman–Crippen MR) is 78.9 cm³/mol. The van der Waals surface area contributed by atoms with Gasteiger partial charge in [-0.3, -0.25) is 0 Å². The SMILES string of the molecule is CCCS(=O)(=O)CCOC1(CN)CCC(CC)CC1. The van der Waals surface area contributed by atoms with Crippen molar-refractivity contribution in [1.29, 1.82) is 0 Å². The third kappa shape index (κ3) is 5.40. The number of sulfone groups is 1. The van der Waals surface area contributed by atoms with Gasteiger partial charge in [0, 0.05) is 12.3 Å². The second kappa shape index (κ2) is 7.60. The molecule has 0 aliphatic heterocycles. The first kappa shape index (κ1) is 16.9. The molecule has 1 aliphatic carbocycles. The minimum atomic E-state index is -2.95. The van der Waals surface area contributed by atoms with Crippen LogP contribution in [0.3, 0.4) is 0 Å². The van der Waals surface area contributed by atoms with E-state index < -0.39 is 9.84 Å². The van der Waals surface area contributed by atoms with E-state index in [4.69, 9.17) is 10.5 Å². The first-order valence-electron chi connectivity index (χ1n) is 7.51. The fraction of sp³-hybridized carbons (Fsp3) is 1.00. The van der Waals surface area contributed by atoms with Crippen molar-refractivity contribution < 1.29 is 13.2 Å². The molecule has 114 valence electrons. The summed E-state index contributed by atoms with van der Waals surface area (Å²) in [4.78, 5) is 0. The largest absolute Gasteiger partial charge is 0.373 e. The molecule has 0 radical (unpaired) electrons. The zero-order chi connectivity index (χ0) is 14.4. The van der Waals surface area contributed by atoms with Crippen molar-refractivity contribution >= 4 is 9.84 Å². The van der Waals surface area contributed by atoms with Gasteiger partial charge in [-0.05, 0) is 38.0 Å². The number of rotatable bonds is 8. The van der Waals surface area contributed by atoms with Crippen LogP contribution in [0.1, 0.15) is 52.4 Å². The molecule has 0 spiro atoms. The van der Waals surface area contributed by atoms with Crippen LogP contribution in [0, 0.1) is 5.92 Å². The van der Waals surface area contributed by atoms with E-state index in [0.29, 0.717) is 13.0 Å². The van der Waals surface area contributed by atoms with Crippen molar-refractivity contribution in [3.05, 3.63) is 0 Å². The highest BCUT2D eigenvalue weighted by molar-refractivity contribution is 7.91. The lowest BCUT2D eigenvalue weighted by Gasteiger charge is -2.39. The molecule has 0 aromatic carbocycles. The molecule has 4 nitrogen and oxygen atoms in total. The first-order chi connectivity index (χ1) is 8.97. The van der Waals surface area contributed by atoms with E-state index >= 15 is 0 Å². The second-order valence-corrected chi connectivity index (χ2v) is 8.04. The van der Waals surface area contributed by atoms with Crippen molar-refractivity contribution in [1.82, 2.24) is 0 Å². The van der Waals surface area contributed by atoms with Crippen LogP contribution in [-0.4, -0.2) is 38.7 Å². The molecule has 0 unspecified atom stereocenters. The molecule has 0 saturated heterocycles. The Morgan fingerprint density at radius 3 is 2.32 bits per heavy atom. The van der Waals surface area contributed by atoms with Crippen molar-refractivity contribution in [2.75, 3.05) is 24.7 Å². The standard InChI is InChI=1S/C14H29NO3S/c1-3-10-19(16,17)11-9-18-14(12-15)7-5-13(4-2)6-8-14/h13H,3-12,15H2,1-2H3. The third-order valence-corrected chi connectivity index (χ3v) is 6.10. The lowest BCUT2D eigenvalue weighted by Crippen LogP contribution is -2.44. The highest BCUT2D eigenvalue weighted by atomic mass is 32.2. The van der Waals surface area contributed by atoms with Gasteiger partial charge >= 0.3 is 0 Å². The number of nitrogens with two attached hydrogens (primary N) is 1. The van der Waals surface area contributed by atoms with Gasteiger partial charge in [0.1, 0.15) is 0 Å². The Bertz CT molecular complexity index is 346. The Morgan fingerprint density at radius 2 is 1.84 bits per heavy atom. The summed E-state index contributed by atoms with van der Waals surface area (Å²) in [5.41, 5.74) is 5.59. The zero-order valence-electron chi connectivity index (χ0n) is 12.4. The average Bonchev–Trinajstić information content (AvgIpc) is 2.39. The van der Waals surface area contributed by atoms with Gasteiger partial charge in [-0.25, -0.2) is 8.42 Å². The molecule has 19 heavy (non-hydrogen) atoms. The van der Waals surface area contributed by atoms with Crippen LogP contribution in [0.4, 0.5) is 0 Å². The van der Waals surface area contributed by atoms with E-state index in [2.05, 4.69) is 6.92 Å². The van der Waals surface area contributed by atoms with Crippen molar-refractivity contribution in [2.24, 2.45) is 11.7 Å².